The van der Waals surface area contributed by atoms with Crippen molar-refractivity contribution in [3.63, 3.8) is 0 Å². The summed E-state index contributed by atoms with van der Waals surface area (Å²) < 4.78 is 5.58. The van der Waals surface area contributed by atoms with E-state index in [9.17, 15) is 0 Å². The molecule has 19 heavy (non-hydrogen) atoms. The van der Waals surface area contributed by atoms with Crippen LogP contribution in [-0.4, -0.2) is 41.8 Å². The molecule has 1 heterocycles. The minimum atomic E-state index is -1.82. The minimum absolute atomic E-state index is 0.740. The first-order valence-electron chi connectivity index (χ1n) is 5.88. The second-order valence-electron chi connectivity index (χ2n) is 4.14. The maximum absolute atomic E-state index is 9.10. The molecule has 1 fully saturated rings. The van der Waals surface area contributed by atoms with Crippen LogP contribution in [0.2, 0.25) is 0 Å². The van der Waals surface area contributed by atoms with Crippen molar-refractivity contribution in [3.8, 4) is 0 Å². The standard InChI is InChI=1S/C11H15NO.C2H2O4/c1-2-4-10(5-3-1)8-13-9-11-6-12-7-11;3-1(4)2(5)6/h1-5,11-12H,6-9H2;(H,3,4)(H,5,6). The zero-order valence-electron chi connectivity index (χ0n) is 10.4. The van der Waals surface area contributed by atoms with E-state index in [1.165, 1.54) is 5.56 Å². The zero-order chi connectivity index (χ0) is 14.1. The fourth-order valence-electron chi connectivity index (χ4n) is 1.38. The van der Waals surface area contributed by atoms with Crippen molar-refractivity contribution in [3.05, 3.63) is 35.9 Å². The largest absolute Gasteiger partial charge is 0.473 e. The van der Waals surface area contributed by atoms with Gasteiger partial charge in [-0.05, 0) is 5.56 Å². The van der Waals surface area contributed by atoms with Crippen molar-refractivity contribution >= 4 is 11.9 Å². The molecule has 6 heteroatoms. The molecule has 1 saturated heterocycles. The Labute approximate surface area is 111 Å². The molecule has 1 aromatic carbocycles. The minimum Gasteiger partial charge on any atom is -0.473 e. The quantitative estimate of drug-likeness (QED) is 0.691. The highest BCUT2D eigenvalue weighted by Crippen LogP contribution is 2.06. The van der Waals surface area contributed by atoms with Gasteiger partial charge in [-0.3, -0.25) is 0 Å². The van der Waals surface area contributed by atoms with Gasteiger partial charge in [-0.25, -0.2) is 9.59 Å². The maximum Gasteiger partial charge on any atom is 0.414 e. The Hall–Kier alpha value is -1.92. The van der Waals surface area contributed by atoms with Crippen LogP contribution in [0, 0.1) is 5.92 Å². The normalized spacial score (nSPS) is 13.9. The van der Waals surface area contributed by atoms with Gasteiger partial charge in [-0.2, -0.15) is 0 Å². The van der Waals surface area contributed by atoms with Crippen molar-refractivity contribution in [1.82, 2.24) is 5.32 Å². The SMILES string of the molecule is O=C(O)C(=O)O.c1ccc(COCC2CNC2)cc1. The molecule has 3 N–H and O–H groups in total. The predicted molar refractivity (Wildman–Crippen MR) is 67.7 cm³/mol. The average molecular weight is 267 g/mol. The number of nitrogens with one attached hydrogen (secondary N) is 1. The number of carboxylic acids is 2. The summed E-state index contributed by atoms with van der Waals surface area (Å²) in [7, 11) is 0. The first-order chi connectivity index (χ1) is 9.09. The Kier molecular flexibility index (Phi) is 6.56. The van der Waals surface area contributed by atoms with Gasteiger partial charge in [0.05, 0.1) is 13.2 Å². The lowest BCUT2D eigenvalue weighted by Crippen LogP contribution is -2.44. The van der Waals surface area contributed by atoms with E-state index in [1.54, 1.807) is 0 Å². The highest BCUT2D eigenvalue weighted by atomic mass is 16.5. The highest BCUT2D eigenvalue weighted by molar-refractivity contribution is 6.27. The summed E-state index contributed by atoms with van der Waals surface area (Å²) in [5.74, 6) is -2.91. The molecule has 0 saturated carbocycles. The smallest absolute Gasteiger partial charge is 0.414 e. The van der Waals surface area contributed by atoms with E-state index < -0.39 is 11.9 Å². The lowest BCUT2D eigenvalue weighted by molar-refractivity contribution is -0.159. The Morgan fingerprint density at radius 1 is 1.16 bits per heavy atom. The highest BCUT2D eigenvalue weighted by Gasteiger charge is 2.15. The van der Waals surface area contributed by atoms with Crippen LogP contribution in [0.4, 0.5) is 0 Å². The Morgan fingerprint density at radius 2 is 1.74 bits per heavy atom. The summed E-state index contributed by atoms with van der Waals surface area (Å²) in [5.41, 5.74) is 1.26. The van der Waals surface area contributed by atoms with Crippen LogP contribution in [0.5, 0.6) is 0 Å². The monoisotopic (exact) mass is 267 g/mol. The molecule has 0 aromatic heterocycles. The predicted octanol–water partition coefficient (Wildman–Crippen LogP) is 0.578. The molecule has 2 rings (SSSR count). The molecule has 104 valence electrons. The van der Waals surface area contributed by atoms with E-state index in [-0.39, 0.29) is 0 Å². The van der Waals surface area contributed by atoms with Gasteiger partial charge in [0, 0.05) is 19.0 Å². The molecule has 1 aliphatic heterocycles. The number of hydrogen-bond acceptors (Lipinski definition) is 4. The fourth-order valence-corrected chi connectivity index (χ4v) is 1.38. The number of carboxylic acid groups (broad SMARTS) is 2. The van der Waals surface area contributed by atoms with E-state index >= 15 is 0 Å². The van der Waals surface area contributed by atoms with Crippen LogP contribution in [0.25, 0.3) is 0 Å². The summed E-state index contributed by atoms with van der Waals surface area (Å²) in [6.07, 6.45) is 0. The molecule has 0 aliphatic carbocycles. The Bertz CT molecular complexity index is 391. The van der Waals surface area contributed by atoms with Crippen LogP contribution >= 0.6 is 0 Å². The van der Waals surface area contributed by atoms with Crippen LogP contribution < -0.4 is 5.32 Å². The van der Waals surface area contributed by atoms with Crippen molar-refractivity contribution in [2.45, 2.75) is 6.61 Å². The Morgan fingerprint density at radius 3 is 2.16 bits per heavy atom. The van der Waals surface area contributed by atoms with Gasteiger partial charge >= 0.3 is 11.9 Å². The third kappa shape index (κ3) is 6.54. The van der Waals surface area contributed by atoms with Crippen LogP contribution in [0.1, 0.15) is 5.56 Å². The zero-order valence-corrected chi connectivity index (χ0v) is 10.4. The number of rotatable bonds is 4. The first kappa shape index (κ1) is 15.1. The van der Waals surface area contributed by atoms with Gasteiger partial charge < -0.3 is 20.3 Å². The molecule has 0 amide bonds. The summed E-state index contributed by atoms with van der Waals surface area (Å²) in [4.78, 5) is 18.2. The van der Waals surface area contributed by atoms with Gasteiger partial charge in [0.15, 0.2) is 0 Å². The van der Waals surface area contributed by atoms with E-state index in [4.69, 9.17) is 24.5 Å². The number of hydrogen-bond donors (Lipinski definition) is 3. The topological polar surface area (TPSA) is 95.9 Å². The molecular formula is C13H17NO5. The van der Waals surface area contributed by atoms with E-state index in [0.717, 1.165) is 32.2 Å². The molecule has 0 radical (unpaired) electrons. The average Bonchev–Trinajstić information content (AvgIpc) is 2.34. The fraction of sp³-hybridized carbons (Fsp3) is 0.385. The van der Waals surface area contributed by atoms with E-state index in [1.807, 2.05) is 18.2 Å². The summed E-state index contributed by atoms with van der Waals surface area (Å²) in [6, 6.07) is 10.3. The van der Waals surface area contributed by atoms with Crippen molar-refractivity contribution < 1.29 is 24.5 Å². The molecule has 1 aromatic rings. The molecule has 6 nitrogen and oxygen atoms in total. The van der Waals surface area contributed by atoms with Gasteiger partial charge in [-0.15, -0.1) is 0 Å². The van der Waals surface area contributed by atoms with Crippen LogP contribution in [0.15, 0.2) is 30.3 Å². The molecule has 0 spiro atoms. The van der Waals surface area contributed by atoms with E-state index in [2.05, 4.69) is 17.4 Å². The van der Waals surface area contributed by atoms with Gasteiger partial charge in [0.1, 0.15) is 0 Å². The van der Waals surface area contributed by atoms with Crippen LogP contribution in [0.3, 0.4) is 0 Å². The molecule has 0 atom stereocenters. The van der Waals surface area contributed by atoms with Gasteiger partial charge in [0.25, 0.3) is 0 Å². The third-order valence-corrected chi connectivity index (χ3v) is 2.51. The molecular weight excluding hydrogens is 250 g/mol. The molecule has 0 unspecified atom stereocenters. The number of ether oxygens (including phenoxy) is 1. The lowest BCUT2D eigenvalue weighted by atomic mass is 10.1. The summed E-state index contributed by atoms with van der Waals surface area (Å²) in [6.45, 7) is 3.88. The van der Waals surface area contributed by atoms with Crippen LogP contribution in [-0.2, 0) is 20.9 Å². The van der Waals surface area contributed by atoms with Gasteiger partial charge in [-0.1, -0.05) is 30.3 Å². The number of benzene rings is 1. The molecule has 1 aliphatic rings. The Balaban J connectivity index is 0.000000258. The summed E-state index contributed by atoms with van der Waals surface area (Å²) in [5, 5.41) is 18.0. The second kappa shape index (κ2) is 8.23. The lowest BCUT2D eigenvalue weighted by Gasteiger charge is -2.26. The van der Waals surface area contributed by atoms with Crippen molar-refractivity contribution in [1.29, 1.82) is 0 Å². The van der Waals surface area contributed by atoms with Gasteiger partial charge in [0.2, 0.25) is 0 Å². The van der Waals surface area contributed by atoms with E-state index in [0.29, 0.717) is 0 Å². The number of carbonyl (C=O) groups is 2. The second-order valence-corrected chi connectivity index (χ2v) is 4.14. The van der Waals surface area contributed by atoms with Crippen molar-refractivity contribution in [2.75, 3.05) is 19.7 Å². The van der Waals surface area contributed by atoms with Crippen molar-refractivity contribution in [2.24, 2.45) is 5.92 Å². The number of aliphatic carboxylic acids is 2. The third-order valence-electron chi connectivity index (χ3n) is 2.51. The maximum atomic E-state index is 9.10. The summed E-state index contributed by atoms with van der Waals surface area (Å²) >= 11 is 0. The molecule has 0 bridgehead atoms. The first-order valence-corrected chi connectivity index (χ1v) is 5.88.